The number of hydrogen-bond donors (Lipinski definition) is 1. The molecule has 2 heterocycles. The summed E-state index contributed by atoms with van der Waals surface area (Å²) in [5, 5.41) is 15.7. The van der Waals surface area contributed by atoms with Crippen LogP contribution in [0.5, 0.6) is 0 Å². The monoisotopic (exact) mass is 404 g/mol. The van der Waals surface area contributed by atoms with Crippen LogP contribution in [0, 0.1) is 10.1 Å². The number of carbonyl (C=O) groups excluding carboxylic acids is 1. The molecule has 0 saturated carbocycles. The Balaban J connectivity index is 1.86. The van der Waals surface area contributed by atoms with E-state index in [1.54, 1.807) is 23.8 Å². The number of carbonyl (C=O) groups is 1. The van der Waals surface area contributed by atoms with E-state index in [0.717, 1.165) is 24.0 Å². The number of nitro groups is 1. The Morgan fingerprint density at radius 2 is 2.07 bits per heavy atom. The highest BCUT2D eigenvalue weighted by molar-refractivity contribution is 7.90. The van der Waals surface area contributed by atoms with Crippen LogP contribution in [0.3, 0.4) is 0 Å². The van der Waals surface area contributed by atoms with Crippen LogP contribution >= 0.6 is 11.3 Å². The van der Waals surface area contributed by atoms with Gasteiger partial charge in [-0.3, -0.25) is 25.2 Å². The number of sulfone groups is 1. The van der Waals surface area contributed by atoms with Crippen molar-refractivity contribution in [1.82, 2.24) is 9.97 Å². The van der Waals surface area contributed by atoms with E-state index in [-0.39, 0.29) is 5.56 Å². The molecule has 27 heavy (non-hydrogen) atoms. The van der Waals surface area contributed by atoms with Gasteiger partial charge in [0.05, 0.1) is 10.6 Å². The van der Waals surface area contributed by atoms with E-state index in [2.05, 4.69) is 15.3 Å². The molecule has 2 aromatic heterocycles. The summed E-state index contributed by atoms with van der Waals surface area (Å²) in [4.78, 5) is 30.5. The molecule has 0 aliphatic heterocycles. The van der Waals surface area contributed by atoms with Crippen LogP contribution < -0.4 is 5.32 Å². The number of rotatable bonds is 5. The Bertz CT molecular complexity index is 1130. The molecule has 3 rings (SSSR count). The Morgan fingerprint density at radius 3 is 2.70 bits per heavy atom. The second-order valence-electron chi connectivity index (χ2n) is 5.45. The third kappa shape index (κ3) is 4.15. The molecule has 0 bridgehead atoms. The predicted molar refractivity (Wildman–Crippen MR) is 99.5 cm³/mol. The van der Waals surface area contributed by atoms with Crippen molar-refractivity contribution in [2.75, 3.05) is 11.6 Å². The molecule has 3 aromatic rings. The molecule has 0 unspecified atom stereocenters. The van der Waals surface area contributed by atoms with E-state index >= 15 is 0 Å². The van der Waals surface area contributed by atoms with E-state index in [9.17, 15) is 23.3 Å². The molecule has 9 nitrogen and oxygen atoms in total. The third-order valence-electron chi connectivity index (χ3n) is 3.50. The van der Waals surface area contributed by atoms with Crippen molar-refractivity contribution in [1.29, 1.82) is 0 Å². The van der Waals surface area contributed by atoms with Crippen LogP contribution in [0.25, 0.3) is 11.3 Å². The van der Waals surface area contributed by atoms with Gasteiger partial charge in [-0.15, -0.1) is 11.3 Å². The maximum atomic E-state index is 12.4. The first-order chi connectivity index (χ1) is 12.8. The number of amides is 1. The lowest BCUT2D eigenvalue weighted by Crippen LogP contribution is -2.13. The van der Waals surface area contributed by atoms with Gasteiger partial charge in [0.1, 0.15) is 4.90 Å². The molecule has 0 radical (unpaired) electrons. The number of aromatic nitrogens is 2. The smallest absolute Gasteiger partial charge is 0.288 e. The van der Waals surface area contributed by atoms with Crippen LogP contribution in [0.4, 0.5) is 10.8 Å². The van der Waals surface area contributed by atoms with Crippen LogP contribution in [-0.2, 0) is 9.84 Å². The Morgan fingerprint density at radius 1 is 1.30 bits per heavy atom. The number of benzene rings is 1. The number of pyridine rings is 1. The van der Waals surface area contributed by atoms with E-state index in [1.807, 2.05) is 6.07 Å². The van der Waals surface area contributed by atoms with Gasteiger partial charge >= 0.3 is 0 Å². The summed E-state index contributed by atoms with van der Waals surface area (Å²) >= 11 is 1.18. The van der Waals surface area contributed by atoms with Crippen LogP contribution in [0.15, 0.2) is 53.0 Å². The Labute approximate surface area is 157 Å². The number of anilines is 1. The summed E-state index contributed by atoms with van der Waals surface area (Å²) in [5.41, 5.74) is 0.705. The van der Waals surface area contributed by atoms with Gasteiger partial charge in [-0.1, -0.05) is 0 Å². The minimum absolute atomic E-state index is 0.0489. The highest BCUT2D eigenvalue weighted by atomic mass is 32.2. The van der Waals surface area contributed by atoms with E-state index in [4.69, 9.17) is 0 Å². The number of nitro benzene ring substituents is 1. The van der Waals surface area contributed by atoms with Gasteiger partial charge < -0.3 is 0 Å². The zero-order valence-electron chi connectivity index (χ0n) is 13.8. The third-order valence-corrected chi connectivity index (χ3v) is 5.40. The van der Waals surface area contributed by atoms with Crippen LogP contribution in [-0.4, -0.2) is 35.5 Å². The zero-order valence-corrected chi connectivity index (χ0v) is 15.5. The topological polar surface area (TPSA) is 132 Å². The lowest BCUT2D eigenvalue weighted by atomic mass is 10.2. The van der Waals surface area contributed by atoms with E-state index < -0.39 is 31.3 Å². The van der Waals surface area contributed by atoms with E-state index in [1.165, 1.54) is 17.4 Å². The van der Waals surface area contributed by atoms with Gasteiger partial charge in [0.25, 0.3) is 11.6 Å². The minimum Gasteiger partial charge on any atom is -0.298 e. The first kappa shape index (κ1) is 18.6. The summed E-state index contributed by atoms with van der Waals surface area (Å²) in [6.45, 7) is 0. The molecular formula is C16H12N4O5S2. The minimum atomic E-state index is -3.80. The Hall–Kier alpha value is -3.18. The van der Waals surface area contributed by atoms with Crippen LogP contribution in [0.2, 0.25) is 0 Å². The lowest BCUT2D eigenvalue weighted by molar-refractivity contribution is -0.387. The van der Waals surface area contributed by atoms with Gasteiger partial charge in [0, 0.05) is 41.2 Å². The summed E-state index contributed by atoms with van der Waals surface area (Å²) in [6, 6.07) is 6.78. The van der Waals surface area contributed by atoms with Crippen molar-refractivity contribution in [3.8, 4) is 11.3 Å². The number of nitrogens with zero attached hydrogens (tertiary/aromatic N) is 3. The highest BCUT2D eigenvalue weighted by Gasteiger charge is 2.24. The molecule has 1 amide bonds. The van der Waals surface area contributed by atoms with Crippen molar-refractivity contribution in [3.63, 3.8) is 0 Å². The van der Waals surface area contributed by atoms with Gasteiger partial charge in [0.2, 0.25) is 0 Å². The van der Waals surface area contributed by atoms with Crippen molar-refractivity contribution in [2.24, 2.45) is 0 Å². The van der Waals surface area contributed by atoms with Crippen molar-refractivity contribution in [3.05, 3.63) is 63.8 Å². The number of hydrogen-bond acceptors (Lipinski definition) is 8. The second-order valence-corrected chi connectivity index (χ2v) is 8.29. The molecule has 1 aromatic carbocycles. The predicted octanol–water partition coefficient (Wildman–Crippen LogP) is 2.77. The molecule has 11 heteroatoms. The van der Waals surface area contributed by atoms with Crippen molar-refractivity contribution < 1.29 is 18.1 Å². The zero-order chi connectivity index (χ0) is 19.6. The van der Waals surface area contributed by atoms with Crippen molar-refractivity contribution in [2.45, 2.75) is 4.90 Å². The molecular weight excluding hydrogens is 392 g/mol. The largest absolute Gasteiger partial charge is 0.298 e. The maximum Gasteiger partial charge on any atom is 0.288 e. The normalized spacial score (nSPS) is 11.1. The summed E-state index contributed by atoms with van der Waals surface area (Å²) in [6.07, 6.45) is 4.13. The number of thiazole rings is 1. The fraction of sp³-hybridized carbons (Fsp3) is 0.0625. The second kappa shape index (κ2) is 7.21. The molecule has 0 aliphatic rings. The number of nitrogens with one attached hydrogen (secondary N) is 1. The van der Waals surface area contributed by atoms with Gasteiger partial charge in [-0.2, -0.15) is 0 Å². The summed E-state index contributed by atoms with van der Waals surface area (Å²) in [7, 11) is -3.80. The average Bonchev–Trinajstić information content (AvgIpc) is 3.09. The van der Waals surface area contributed by atoms with Crippen LogP contribution in [0.1, 0.15) is 10.4 Å². The highest BCUT2D eigenvalue weighted by Crippen LogP contribution is 2.27. The molecule has 138 valence electrons. The standard InChI is InChI=1S/C16H12N4O5S2/c1-27(24,25)14-5-4-10(7-13(14)20(22)23)15(21)19-16-18-12(9-26-16)11-3-2-6-17-8-11/h2-9H,1H3,(H,18,19,21). The average molecular weight is 404 g/mol. The molecule has 0 aliphatic carbocycles. The lowest BCUT2D eigenvalue weighted by Gasteiger charge is -2.05. The molecule has 0 saturated heterocycles. The first-order valence-corrected chi connectivity index (χ1v) is 10.2. The fourth-order valence-electron chi connectivity index (χ4n) is 2.26. The quantitative estimate of drug-likeness (QED) is 0.511. The SMILES string of the molecule is CS(=O)(=O)c1ccc(C(=O)Nc2nc(-c3cccnc3)cs2)cc1[N+](=O)[O-]. The summed E-state index contributed by atoms with van der Waals surface area (Å²) in [5.74, 6) is -0.634. The van der Waals surface area contributed by atoms with Gasteiger partial charge in [-0.05, 0) is 24.3 Å². The van der Waals surface area contributed by atoms with Gasteiger partial charge in [0.15, 0.2) is 15.0 Å². The molecule has 0 atom stereocenters. The fourth-order valence-corrected chi connectivity index (χ4v) is 3.81. The van der Waals surface area contributed by atoms with Gasteiger partial charge in [-0.25, -0.2) is 13.4 Å². The molecule has 0 spiro atoms. The van der Waals surface area contributed by atoms with Crippen molar-refractivity contribution >= 4 is 37.9 Å². The molecule has 1 N–H and O–H groups in total. The summed E-state index contributed by atoms with van der Waals surface area (Å²) < 4.78 is 23.3. The Kier molecular flexibility index (Phi) is 4.97. The first-order valence-electron chi connectivity index (χ1n) is 7.41. The molecule has 0 fully saturated rings. The maximum absolute atomic E-state index is 12.4. The van der Waals surface area contributed by atoms with E-state index in [0.29, 0.717) is 10.8 Å².